The number of halogens is 1. The number of aromatic nitrogens is 3. The van der Waals surface area contributed by atoms with Crippen LogP contribution in [0, 0.1) is 0 Å². The quantitative estimate of drug-likeness (QED) is 0.198. The van der Waals surface area contributed by atoms with E-state index in [1.165, 1.54) is 18.0 Å². The highest BCUT2D eigenvalue weighted by molar-refractivity contribution is 7.99. The zero-order valence-electron chi connectivity index (χ0n) is 18.1. The van der Waals surface area contributed by atoms with Gasteiger partial charge in [-0.15, -0.1) is 10.2 Å². The molecule has 0 unspecified atom stereocenters. The van der Waals surface area contributed by atoms with Crippen molar-refractivity contribution in [2.45, 2.75) is 5.16 Å². The molecule has 0 spiro atoms. The van der Waals surface area contributed by atoms with Gasteiger partial charge in [0, 0.05) is 22.5 Å². The number of carbonyl (C=O) groups excluding carboxylic acids is 1. The topological polar surface area (TPSA) is 94.5 Å². The molecule has 0 saturated heterocycles. The van der Waals surface area contributed by atoms with Crippen molar-refractivity contribution in [3.8, 4) is 22.8 Å². The van der Waals surface area contributed by atoms with Crippen LogP contribution in [0.5, 0.6) is 5.75 Å². The minimum atomic E-state index is -0.274. The van der Waals surface area contributed by atoms with Gasteiger partial charge in [0.05, 0.1) is 19.1 Å². The van der Waals surface area contributed by atoms with Gasteiger partial charge in [0.2, 0.25) is 0 Å². The van der Waals surface area contributed by atoms with E-state index >= 15 is 0 Å². The average molecular weight is 494 g/mol. The Bertz CT molecular complexity index is 1280. The smallest absolute Gasteiger partial charge is 0.250 e. The Labute approximate surface area is 205 Å². The minimum absolute atomic E-state index is 0.105. The maximum atomic E-state index is 12.3. The summed E-state index contributed by atoms with van der Waals surface area (Å²) in [6.07, 6.45) is 6.46. The Morgan fingerprint density at radius 3 is 2.68 bits per heavy atom. The summed E-state index contributed by atoms with van der Waals surface area (Å²) in [7, 11) is 1.62. The van der Waals surface area contributed by atoms with E-state index in [-0.39, 0.29) is 11.7 Å². The molecule has 0 atom stereocenters. The lowest BCUT2D eigenvalue weighted by molar-refractivity contribution is -0.118. The number of benzene rings is 2. The number of carbonyl (C=O) groups is 1. The number of rotatable bonds is 9. The zero-order chi connectivity index (χ0) is 23.8. The lowest BCUT2D eigenvalue weighted by Crippen LogP contribution is -2.19. The molecule has 0 aliphatic carbocycles. The first-order valence-corrected chi connectivity index (χ1v) is 11.5. The third-order valence-corrected chi connectivity index (χ3v) is 5.73. The molecule has 0 fully saturated rings. The van der Waals surface area contributed by atoms with Gasteiger partial charge >= 0.3 is 0 Å². The molecule has 2 heterocycles. The predicted octanol–water partition coefficient (Wildman–Crippen LogP) is 5.10. The van der Waals surface area contributed by atoms with Crippen molar-refractivity contribution in [2.24, 2.45) is 5.10 Å². The molecule has 4 aromatic rings. The molecule has 10 heteroatoms. The summed E-state index contributed by atoms with van der Waals surface area (Å²) < 4.78 is 12.3. The zero-order valence-corrected chi connectivity index (χ0v) is 19.7. The first-order chi connectivity index (χ1) is 16.6. The number of ether oxygens (including phenoxy) is 1. The molecule has 8 nitrogen and oxygen atoms in total. The standard InChI is InChI=1S/C24H20ClN5O3S/c1-32-20-12-6-17(7-13-20)23-28-29-24(30(23)19-10-8-18(25)9-11-19)34-16-22(31)27-26-14-2-4-21-5-3-15-33-21/h2-15H,16H2,1H3,(H,27,31)/b4-2+,26-14-. The van der Waals surface area contributed by atoms with E-state index in [4.69, 9.17) is 20.8 Å². The number of nitrogens with one attached hydrogen (secondary N) is 1. The number of hydrazone groups is 1. The molecular weight excluding hydrogens is 474 g/mol. The predicted molar refractivity (Wildman–Crippen MR) is 133 cm³/mol. The van der Waals surface area contributed by atoms with Crippen LogP contribution in [-0.4, -0.2) is 39.7 Å². The van der Waals surface area contributed by atoms with Crippen LogP contribution in [0.1, 0.15) is 5.76 Å². The number of thioether (sulfide) groups is 1. The molecule has 0 bridgehead atoms. The molecule has 0 saturated carbocycles. The van der Waals surface area contributed by atoms with Crippen molar-refractivity contribution in [2.75, 3.05) is 12.9 Å². The molecule has 2 aromatic carbocycles. The first-order valence-electron chi connectivity index (χ1n) is 10.1. The van der Waals surface area contributed by atoms with E-state index in [2.05, 4.69) is 20.7 Å². The number of hydrogen-bond acceptors (Lipinski definition) is 7. The van der Waals surface area contributed by atoms with Crippen LogP contribution in [0.25, 0.3) is 23.2 Å². The molecule has 0 aliphatic heterocycles. The fourth-order valence-corrected chi connectivity index (χ4v) is 3.82. The van der Waals surface area contributed by atoms with E-state index in [0.717, 1.165) is 17.0 Å². The third-order valence-electron chi connectivity index (χ3n) is 4.55. The fourth-order valence-electron chi connectivity index (χ4n) is 2.95. The van der Waals surface area contributed by atoms with Crippen molar-refractivity contribution in [3.05, 3.63) is 83.8 Å². The SMILES string of the molecule is COc1ccc(-c2nnc(SCC(=O)N/N=C\C=C\c3ccco3)n2-c2ccc(Cl)cc2)cc1. The molecular formula is C24H20ClN5O3S. The van der Waals surface area contributed by atoms with Crippen molar-refractivity contribution in [1.82, 2.24) is 20.2 Å². The molecule has 172 valence electrons. The molecule has 2 aromatic heterocycles. The number of hydrogen-bond donors (Lipinski definition) is 1. The van der Waals surface area contributed by atoms with Crippen molar-refractivity contribution < 1.29 is 13.9 Å². The highest BCUT2D eigenvalue weighted by atomic mass is 35.5. The normalized spacial score (nSPS) is 11.4. The molecule has 4 rings (SSSR count). The van der Waals surface area contributed by atoms with Gasteiger partial charge < -0.3 is 9.15 Å². The van der Waals surface area contributed by atoms with Crippen LogP contribution in [0.3, 0.4) is 0 Å². The van der Waals surface area contributed by atoms with Crippen LogP contribution < -0.4 is 10.2 Å². The lowest BCUT2D eigenvalue weighted by atomic mass is 10.2. The molecule has 0 aliphatic rings. The average Bonchev–Trinajstić information content (AvgIpc) is 3.53. The molecule has 0 radical (unpaired) electrons. The van der Waals surface area contributed by atoms with Gasteiger partial charge in [0.15, 0.2) is 11.0 Å². The summed E-state index contributed by atoms with van der Waals surface area (Å²) in [4.78, 5) is 12.3. The van der Waals surface area contributed by atoms with Gasteiger partial charge in [-0.25, -0.2) is 5.43 Å². The van der Waals surface area contributed by atoms with Gasteiger partial charge in [-0.1, -0.05) is 23.4 Å². The maximum Gasteiger partial charge on any atom is 0.250 e. The van der Waals surface area contributed by atoms with E-state index in [0.29, 0.717) is 21.8 Å². The molecule has 1 N–H and O–H groups in total. The number of nitrogens with zero attached hydrogens (tertiary/aromatic N) is 4. The van der Waals surface area contributed by atoms with Gasteiger partial charge in [0.1, 0.15) is 11.5 Å². The Morgan fingerprint density at radius 1 is 1.18 bits per heavy atom. The Morgan fingerprint density at radius 2 is 1.97 bits per heavy atom. The number of allylic oxidation sites excluding steroid dienone is 1. The third kappa shape index (κ3) is 5.94. The highest BCUT2D eigenvalue weighted by Crippen LogP contribution is 2.29. The number of methoxy groups -OCH3 is 1. The van der Waals surface area contributed by atoms with Gasteiger partial charge in [-0.2, -0.15) is 5.10 Å². The second-order valence-electron chi connectivity index (χ2n) is 6.82. The summed E-state index contributed by atoms with van der Waals surface area (Å²) in [5.41, 5.74) is 4.17. The molecule has 1 amide bonds. The second kappa shape index (κ2) is 11.4. The van der Waals surface area contributed by atoms with E-state index in [1.807, 2.05) is 47.0 Å². The van der Waals surface area contributed by atoms with Crippen LogP contribution in [0.4, 0.5) is 0 Å². The Hall–Kier alpha value is -3.82. The molecule has 34 heavy (non-hydrogen) atoms. The number of furan rings is 1. The highest BCUT2D eigenvalue weighted by Gasteiger charge is 2.17. The Balaban J connectivity index is 1.48. The summed E-state index contributed by atoms with van der Waals surface area (Å²) >= 11 is 7.32. The summed E-state index contributed by atoms with van der Waals surface area (Å²) in [5.74, 6) is 1.90. The van der Waals surface area contributed by atoms with E-state index < -0.39 is 0 Å². The largest absolute Gasteiger partial charge is 0.497 e. The summed E-state index contributed by atoms with van der Waals surface area (Å²) in [6, 6.07) is 18.5. The van der Waals surface area contributed by atoms with E-state index in [9.17, 15) is 4.79 Å². The summed E-state index contributed by atoms with van der Waals surface area (Å²) in [5, 5.41) is 13.8. The second-order valence-corrected chi connectivity index (χ2v) is 8.20. The maximum absolute atomic E-state index is 12.3. The van der Waals surface area contributed by atoms with Crippen LogP contribution >= 0.6 is 23.4 Å². The monoisotopic (exact) mass is 493 g/mol. The fraction of sp³-hybridized carbons (Fsp3) is 0.0833. The minimum Gasteiger partial charge on any atom is -0.497 e. The van der Waals surface area contributed by atoms with E-state index in [1.54, 1.807) is 43.7 Å². The van der Waals surface area contributed by atoms with Crippen LogP contribution in [0.2, 0.25) is 5.02 Å². The van der Waals surface area contributed by atoms with Gasteiger partial charge in [0.25, 0.3) is 5.91 Å². The van der Waals surface area contributed by atoms with Gasteiger partial charge in [-0.05, 0) is 72.8 Å². The first kappa shape index (κ1) is 23.3. The summed E-state index contributed by atoms with van der Waals surface area (Å²) in [6.45, 7) is 0. The van der Waals surface area contributed by atoms with Crippen molar-refractivity contribution in [1.29, 1.82) is 0 Å². The van der Waals surface area contributed by atoms with Crippen LogP contribution in [-0.2, 0) is 4.79 Å². The Kier molecular flexibility index (Phi) is 7.79. The lowest BCUT2D eigenvalue weighted by Gasteiger charge is -2.11. The van der Waals surface area contributed by atoms with Crippen molar-refractivity contribution in [3.63, 3.8) is 0 Å². The van der Waals surface area contributed by atoms with Gasteiger partial charge in [-0.3, -0.25) is 9.36 Å². The van der Waals surface area contributed by atoms with Crippen LogP contribution in [0.15, 0.2) is 87.7 Å². The number of amides is 1. The van der Waals surface area contributed by atoms with Crippen molar-refractivity contribution >= 4 is 41.6 Å².